The summed E-state index contributed by atoms with van der Waals surface area (Å²) in [5.74, 6) is 0.805. The van der Waals surface area contributed by atoms with Gasteiger partial charge in [-0.05, 0) is 18.1 Å². The minimum atomic E-state index is -0.783. The van der Waals surface area contributed by atoms with Crippen LogP contribution in [0.15, 0.2) is 12.1 Å². The van der Waals surface area contributed by atoms with Gasteiger partial charge in [0.2, 0.25) is 0 Å². The summed E-state index contributed by atoms with van der Waals surface area (Å²) >= 11 is 0. The molecule has 2 heterocycles. The van der Waals surface area contributed by atoms with Gasteiger partial charge in [-0.25, -0.2) is 9.97 Å². The van der Waals surface area contributed by atoms with Crippen LogP contribution in [0.25, 0.3) is 11.2 Å². The number of pyridine rings is 1. The topological polar surface area (TPSA) is 90.9 Å². The second-order valence-corrected chi connectivity index (χ2v) is 4.41. The molecule has 1 atom stereocenters. The molecule has 0 saturated carbocycles. The lowest BCUT2D eigenvalue weighted by Gasteiger charge is -2.04. The molecule has 0 bridgehead atoms. The van der Waals surface area contributed by atoms with Crippen molar-refractivity contribution in [3.63, 3.8) is 0 Å². The highest BCUT2D eigenvalue weighted by Gasteiger charge is 2.12. The van der Waals surface area contributed by atoms with Gasteiger partial charge >= 0.3 is 5.97 Å². The first-order chi connectivity index (χ1) is 8.58. The van der Waals surface area contributed by atoms with Crippen LogP contribution in [0.3, 0.4) is 0 Å². The Labute approximate surface area is 104 Å². The number of nitrogens with zero attached hydrogens (tertiary/aromatic N) is 2. The molecule has 3 N–H and O–H groups in total. The molecule has 2 rings (SSSR count). The fourth-order valence-corrected chi connectivity index (χ4v) is 1.88. The first kappa shape index (κ1) is 12.3. The second-order valence-electron chi connectivity index (χ2n) is 4.41. The zero-order valence-corrected chi connectivity index (χ0v) is 10.4. The number of rotatable bonds is 5. The average Bonchev–Trinajstić information content (AvgIpc) is 2.68. The molecule has 2 aromatic heterocycles. The van der Waals surface area contributed by atoms with Crippen molar-refractivity contribution in [2.45, 2.75) is 19.8 Å². The summed E-state index contributed by atoms with van der Waals surface area (Å²) in [7, 11) is 1.80. The van der Waals surface area contributed by atoms with Crippen LogP contribution >= 0.6 is 0 Å². The number of fused-ring (bicyclic) bond motifs is 1. The van der Waals surface area contributed by atoms with Crippen molar-refractivity contribution < 1.29 is 9.90 Å². The molecule has 0 aliphatic carbocycles. The van der Waals surface area contributed by atoms with E-state index in [1.165, 1.54) is 0 Å². The van der Waals surface area contributed by atoms with Crippen molar-refractivity contribution >= 4 is 23.0 Å². The third-order valence-electron chi connectivity index (χ3n) is 2.72. The van der Waals surface area contributed by atoms with Crippen molar-refractivity contribution in [2.24, 2.45) is 5.92 Å². The fourth-order valence-electron chi connectivity index (χ4n) is 1.88. The van der Waals surface area contributed by atoms with Crippen molar-refractivity contribution in [3.8, 4) is 0 Å². The lowest BCUT2D eigenvalue weighted by Crippen LogP contribution is -2.07. The van der Waals surface area contributed by atoms with Crippen LogP contribution in [-0.4, -0.2) is 33.1 Å². The standard InChI is InChI=1S/C12H16N4O2/c1-7(6-11(17)18)5-10-14-8-3-4-9(13-2)15-12(8)16-10/h3-4,7H,5-6H2,1-2H3,(H,17,18)(H2,13,14,15,16). The molecule has 1 unspecified atom stereocenters. The number of hydrogen-bond donors (Lipinski definition) is 3. The summed E-state index contributed by atoms with van der Waals surface area (Å²) in [6, 6.07) is 3.78. The average molecular weight is 248 g/mol. The monoisotopic (exact) mass is 248 g/mol. The summed E-state index contributed by atoms with van der Waals surface area (Å²) in [5.41, 5.74) is 1.52. The Kier molecular flexibility index (Phi) is 3.45. The highest BCUT2D eigenvalue weighted by Crippen LogP contribution is 2.15. The van der Waals surface area contributed by atoms with Crippen molar-refractivity contribution in [2.75, 3.05) is 12.4 Å². The van der Waals surface area contributed by atoms with Gasteiger partial charge in [0.15, 0.2) is 5.65 Å². The predicted octanol–water partition coefficient (Wildman–Crippen LogP) is 1.65. The molecule has 96 valence electrons. The van der Waals surface area contributed by atoms with Gasteiger partial charge in [0.25, 0.3) is 0 Å². The number of anilines is 1. The minimum Gasteiger partial charge on any atom is -0.481 e. The number of carboxylic acids is 1. The number of carbonyl (C=O) groups is 1. The number of hydrogen-bond acceptors (Lipinski definition) is 4. The van der Waals surface area contributed by atoms with Gasteiger partial charge < -0.3 is 15.4 Å². The number of aromatic amines is 1. The third kappa shape index (κ3) is 2.77. The van der Waals surface area contributed by atoms with Crippen molar-refractivity contribution in [1.82, 2.24) is 15.0 Å². The SMILES string of the molecule is CNc1ccc2[nH]c(CC(C)CC(=O)O)nc2n1. The molecule has 18 heavy (non-hydrogen) atoms. The lowest BCUT2D eigenvalue weighted by molar-refractivity contribution is -0.137. The van der Waals surface area contributed by atoms with Crippen LogP contribution in [0.4, 0.5) is 5.82 Å². The van der Waals surface area contributed by atoms with Crippen molar-refractivity contribution in [1.29, 1.82) is 0 Å². The van der Waals surface area contributed by atoms with Crippen LogP contribution < -0.4 is 5.32 Å². The maximum atomic E-state index is 10.6. The predicted molar refractivity (Wildman–Crippen MR) is 68.6 cm³/mol. The Hall–Kier alpha value is -2.11. The highest BCUT2D eigenvalue weighted by atomic mass is 16.4. The number of carboxylic acid groups (broad SMARTS) is 1. The molecule has 0 aliphatic heterocycles. The van der Waals surface area contributed by atoms with Gasteiger partial charge in [0.1, 0.15) is 11.6 Å². The van der Waals surface area contributed by atoms with Gasteiger partial charge in [-0.15, -0.1) is 0 Å². The summed E-state index contributed by atoms with van der Waals surface area (Å²) in [4.78, 5) is 22.4. The molecule has 6 nitrogen and oxygen atoms in total. The maximum absolute atomic E-state index is 10.6. The number of imidazole rings is 1. The van der Waals surface area contributed by atoms with Gasteiger partial charge in [-0.3, -0.25) is 4.79 Å². The van der Waals surface area contributed by atoms with E-state index in [1.54, 1.807) is 7.05 Å². The molecular formula is C12H16N4O2. The van der Waals surface area contributed by atoms with Gasteiger partial charge in [0, 0.05) is 19.9 Å². The Balaban J connectivity index is 2.17. The molecule has 6 heteroatoms. The molecule has 0 radical (unpaired) electrons. The van der Waals surface area contributed by atoms with E-state index in [0.717, 1.165) is 17.2 Å². The fraction of sp³-hybridized carbons (Fsp3) is 0.417. The Bertz CT molecular complexity index is 564. The summed E-state index contributed by atoms with van der Waals surface area (Å²) in [6.07, 6.45) is 0.754. The summed E-state index contributed by atoms with van der Waals surface area (Å²) < 4.78 is 0. The smallest absolute Gasteiger partial charge is 0.303 e. The maximum Gasteiger partial charge on any atom is 0.303 e. The number of aromatic nitrogens is 3. The van der Waals surface area contributed by atoms with E-state index in [9.17, 15) is 4.79 Å². The molecule has 0 spiro atoms. The zero-order valence-electron chi connectivity index (χ0n) is 10.4. The van der Waals surface area contributed by atoms with E-state index in [-0.39, 0.29) is 12.3 Å². The van der Waals surface area contributed by atoms with E-state index in [1.807, 2.05) is 19.1 Å². The highest BCUT2D eigenvalue weighted by molar-refractivity contribution is 5.73. The molecule has 0 amide bonds. The van der Waals surface area contributed by atoms with Gasteiger partial charge in [0.05, 0.1) is 5.52 Å². The van der Waals surface area contributed by atoms with Gasteiger partial charge in [-0.2, -0.15) is 0 Å². The quantitative estimate of drug-likeness (QED) is 0.748. The van der Waals surface area contributed by atoms with Crippen LogP contribution in [0.2, 0.25) is 0 Å². The summed E-state index contributed by atoms with van der Waals surface area (Å²) in [5, 5.41) is 11.7. The van der Waals surface area contributed by atoms with Crippen LogP contribution in [0.5, 0.6) is 0 Å². The van der Waals surface area contributed by atoms with Gasteiger partial charge in [-0.1, -0.05) is 6.92 Å². The first-order valence-corrected chi connectivity index (χ1v) is 5.83. The number of H-pyrrole nitrogens is 1. The minimum absolute atomic E-state index is 0.0480. The van der Waals surface area contributed by atoms with Crippen LogP contribution in [0, 0.1) is 5.92 Å². The molecule has 2 aromatic rings. The Morgan fingerprint density at radius 3 is 2.94 bits per heavy atom. The molecule has 0 aliphatic rings. The Morgan fingerprint density at radius 1 is 1.50 bits per heavy atom. The first-order valence-electron chi connectivity index (χ1n) is 5.83. The molecule has 0 fully saturated rings. The number of aliphatic carboxylic acids is 1. The zero-order chi connectivity index (χ0) is 13.1. The lowest BCUT2D eigenvalue weighted by atomic mass is 10.0. The molecular weight excluding hydrogens is 232 g/mol. The Morgan fingerprint density at radius 2 is 2.28 bits per heavy atom. The number of nitrogens with one attached hydrogen (secondary N) is 2. The van der Waals surface area contributed by atoms with E-state index >= 15 is 0 Å². The normalized spacial score (nSPS) is 12.6. The largest absolute Gasteiger partial charge is 0.481 e. The van der Waals surface area contributed by atoms with E-state index < -0.39 is 5.97 Å². The van der Waals surface area contributed by atoms with Crippen molar-refractivity contribution in [3.05, 3.63) is 18.0 Å². The third-order valence-corrected chi connectivity index (χ3v) is 2.72. The van der Waals surface area contributed by atoms with Crippen LogP contribution in [0.1, 0.15) is 19.2 Å². The van der Waals surface area contributed by atoms with E-state index in [2.05, 4.69) is 20.3 Å². The molecule has 0 saturated heterocycles. The molecule has 0 aromatic carbocycles. The van der Waals surface area contributed by atoms with E-state index in [4.69, 9.17) is 5.11 Å². The second kappa shape index (κ2) is 5.03. The van der Waals surface area contributed by atoms with Crippen LogP contribution in [-0.2, 0) is 11.2 Å². The summed E-state index contributed by atoms with van der Waals surface area (Å²) in [6.45, 7) is 1.90. The van der Waals surface area contributed by atoms with E-state index in [0.29, 0.717) is 12.1 Å².